The van der Waals surface area contributed by atoms with Crippen molar-refractivity contribution >= 4 is 5.91 Å². The topological polar surface area (TPSA) is 55.6 Å². The lowest BCUT2D eigenvalue weighted by molar-refractivity contribution is -0.153. The van der Waals surface area contributed by atoms with Crippen molar-refractivity contribution in [1.82, 2.24) is 4.90 Å². The Balaban J connectivity index is 2.02. The van der Waals surface area contributed by atoms with Crippen LogP contribution >= 0.6 is 0 Å². The normalized spacial score (nSPS) is 11.7. The minimum atomic E-state index is -4.36. The number of nitrogens with zero attached hydrogens (tertiary/aromatic N) is 1. The Hall–Kier alpha value is -2.54. The molecular weight excluding hydrogens is 357 g/mol. The molecule has 0 unspecified atom stereocenters. The molecule has 0 heterocycles. The highest BCUT2D eigenvalue weighted by Gasteiger charge is 2.29. The molecule has 0 aromatic heterocycles. The Morgan fingerprint density at radius 2 is 1.56 bits per heavy atom. The number of alkyl halides is 3. The van der Waals surface area contributed by atoms with Gasteiger partial charge in [0.2, 0.25) is 5.91 Å². The van der Waals surface area contributed by atoms with Gasteiger partial charge in [0.25, 0.3) is 0 Å². The highest BCUT2D eigenvalue weighted by Crippen LogP contribution is 2.27. The average molecular weight is 380 g/mol. The zero-order chi connectivity index (χ0) is 20.2. The van der Waals surface area contributed by atoms with E-state index in [9.17, 15) is 18.0 Å². The van der Waals surface area contributed by atoms with Crippen LogP contribution in [0.1, 0.15) is 32.6 Å². The largest absolute Gasteiger partial charge is 0.484 e. The number of halogens is 3. The summed E-state index contributed by atoms with van der Waals surface area (Å²) in [7, 11) is 1.95. The summed E-state index contributed by atoms with van der Waals surface area (Å²) in [6.07, 6.45) is -4.36. The number of carbonyl (C=O) groups excluding carboxylic acids is 1. The van der Waals surface area contributed by atoms with Gasteiger partial charge >= 0.3 is 6.18 Å². The van der Waals surface area contributed by atoms with E-state index in [1.807, 2.05) is 31.3 Å². The number of primary amides is 1. The maximum absolute atomic E-state index is 12.4. The van der Waals surface area contributed by atoms with Crippen molar-refractivity contribution in [3.05, 3.63) is 64.2 Å². The Morgan fingerprint density at radius 1 is 1.04 bits per heavy atom. The van der Waals surface area contributed by atoms with Gasteiger partial charge in [-0.15, -0.1) is 0 Å². The molecule has 2 rings (SSSR count). The molecule has 0 aliphatic carbocycles. The van der Waals surface area contributed by atoms with Gasteiger partial charge < -0.3 is 10.5 Å². The molecule has 0 atom stereocenters. The first-order chi connectivity index (χ1) is 12.5. The number of nitrogens with two attached hydrogens (primary N) is 1. The molecule has 0 bridgehead atoms. The molecule has 7 heteroatoms. The van der Waals surface area contributed by atoms with Crippen molar-refractivity contribution in [3.63, 3.8) is 0 Å². The van der Waals surface area contributed by atoms with Crippen molar-refractivity contribution in [2.75, 3.05) is 13.7 Å². The number of ether oxygens (including phenoxy) is 1. The molecule has 0 saturated carbocycles. The SMILES string of the molecule is Cc1cc(CN(C)Cc2ccc(C(N)=O)cc2)cc(C)c1OCC(F)(F)F. The average Bonchev–Trinajstić information content (AvgIpc) is 2.53. The summed E-state index contributed by atoms with van der Waals surface area (Å²) in [6.45, 7) is 3.47. The van der Waals surface area contributed by atoms with Crippen LogP contribution in [0, 0.1) is 13.8 Å². The van der Waals surface area contributed by atoms with E-state index in [1.165, 1.54) is 0 Å². The van der Waals surface area contributed by atoms with Gasteiger partial charge in [-0.05, 0) is 55.3 Å². The second-order valence-electron chi connectivity index (χ2n) is 6.70. The van der Waals surface area contributed by atoms with E-state index in [2.05, 4.69) is 4.90 Å². The molecule has 0 saturated heterocycles. The zero-order valence-corrected chi connectivity index (χ0v) is 15.6. The summed E-state index contributed by atoms with van der Waals surface area (Å²) >= 11 is 0. The van der Waals surface area contributed by atoms with Crippen LogP contribution in [0.4, 0.5) is 13.2 Å². The molecule has 2 aromatic carbocycles. The van der Waals surface area contributed by atoms with Gasteiger partial charge in [-0.3, -0.25) is 9.69 Å². The van der Waals surface area contributed by atoms with E-state index in [1.54, 1.807) is 26.0 Å². The second-order valence-corrected chi connectivity index (χ2v) is 6.70. The minimum Gasteiger partial charge on any atom is -0.484 e. The maximum atomic E-state index is 12.4. The highest BCUT2D eigenvalue weighted by molar-refractivity contribution is 5.92. The van der Waals surface area contributed by atoms with E-state index in [4.69, 9.17) is 10.5 Å². The van der Waals surface area contributed by atoms with Crippen molar-refractivity contribution in [2.45, 2.75) is 33.1 Å². The number of aryl methyl sites for hydroxylation is 2. The molecular formula is C20H23F3N2O2. The smallest absolute Gasteiger partial charge is 0.422 e. The third-order valence-electron chi connectivity index (χ3n) is 4.04. The Bertz CT molecular complexity index is 779. The number of amides is 1. The molecule has 0 fully saturated rings. The predicted molar refractivity (Wildman–Crippen MR) is 97.6 cm³/mol. The van der Waals surface area contributed by atoms with Gasteiger partial charge in [-0.25, -0.2) is 0 Å². The summed E-state index contributed by atoms with van der Waals surface area (Å²) in [5.74, 6) is -0.186. The van der Waals surface area contributed by atoms with Gasteiger partial charge in [0.15, 0.2) is 6.61 Å². The molecule has 27 heavy (non-hydrogen) atoms. The highest BCUT2D eigenvalue weighted by atomic mass is 19.4. The van der Waals surface area contributed by atoms with Crippen LogP contribution in [-0.2, 0) is 13.1 Å². The van der Waals surface area contributed by atoms with Crippen molar-refractivity contribution in [3.8, 4) is 5.75 Å². The van der Waals surface area contributed by atoms with Crippen LogP contribution in [0.5, 0.6) is 5.75 Å². The number of hydrogen-bond donors (Lipinski definition) is 1. The van der Waals surface area contributed by atoms with E-state index in [0.717, 1.165) is 11.1 Å². The molecule has 2 N–H and O–H groups in total. The van der Waals surface area contributed by atoms with Crippen molar-refractivity contribution in [1.29, 1.82) is 0 Å². The third-order valence-corrected chi connectivity index (χ3v) is 4.04. The van der Waals surface area contributed by atoms with Crippen LogP contribution in [0.3, 0.4) is 0 Å². The van der Waals surface area contributed by atoms with Gasteiger partial charge in [0.1, 0.15) is 5.75 Å². The molecule has 0 radical (unpaired) electrons. The molecule has 146 valence electrons. The van der Waals surface area contributed by atoms with Crippen molar-refractivity contribution < 1.29 is 22.7 Å². The molecule has 4 nitrogen and oxygen atoms in total. The minimum absolute atomic E-state index is 0.278. The fourth-order valence-corrected chi connectivity index (χ4v) is 2.97. The molecule has 2 aromatic rings. The quantitative estimate of drug-likeness (QED) is 0.791. The number of hydrogen-bond acceptors (Lipinski definition) is 3. The van der Waals surface area contributed by atoms with Crippen molar-refractivity contribution in [2.24, 2.45) is 5.73 Å². The maximum Gasteiger partial charge on any atom is 0.422 e. The lowest BCUT2D eigenvalue weighted by atomic mass is 10.0. The monoisotopic (exact) mass is 380 g/mol. The van der Waals surface area contributed by atoms with Crippen LogP contribution in [0.25, 0.3) is 0 Å². The standard InChI is InChI=1S/C20H23F3N2O2/c1-13-8-16(9-14(2)18(13)27-12-20(21,22)23)11-25(3)10-15-4-6-17(7-5-15)19(24)26/h4-9H,10-12H2,1-3H3,(H2,24,26). The first-order valence-corrected chi connectivity index (χ1v) is 8.42. The Labute approximate surface area is 156 Å². The van der Waals surface area contributed by atoms with Gasteiger partial charge in [-0.1, -0.05) is 24.3 Å². The Kier molecular flexibility index (Phi) is 6.49. The molecule has 0 aliphatic heterocycles. The van der Waals surface area contributed by atoms with E-state index in [0.29, 0.717) is 29.8 Å². The van der Waals surface area contributed by atoms with Crippen LogP contribution in [0.15, 0.2) is 36.4 Å². The van der Waals surface area contributed by atoms with Crippen LogP contribution in [-0.4, -0.2) is 30.6 Å². The predicted octanol–water partition coefficient (Wildman–Crippen LogP) is 3.98. The molecule has 0 spiro atoms. The summed E-state index contributed by atoms with van der Waals surface area (Å²) in [4.78, 5) is 13.2. The third kappa shape index (κ3) is 6.29. The summed E-state index contributed by atoms with van der Waals surface area (Å²) in [5, 5.41) is 0. The van der Waals surface area contributed by atoms with Gasteiger partial charge in [-0.2, -0.15) is 13.2 Å². The summed E-state index contributed by atoms with van der Waals surface area (Å²) < 4.78 is 42.1. The van der Waals surface area contributed by atoms with Crippen LogP contribution in [0.2, 0.25) is 0 Å². The first kappa shape index (κ1) is 20.8. The van der Waals surface area contributed by atoms with E-state index in [-0.39, 0.29) is 5.75 Å². The number of benzene rings is 2. The summed E-state index contributed by atoms with van der Waals surface area (Å²) in [6, 6.07) is 10.7. The molecule has 0 aliphatic rings. The number of rotatable bonds is 7. The summed E-state index contributed by atoms with van der Waals surface area (Å²) in [5.41, 5.74) is 9.06. The lowest BCUT2D eigenvalue weighted by Crippen LogP contribution is -2.20. The number of carbonyl (C=O) groups is 1. The first-order valence-electron chi connectivity index (χ1n) is 8.42. The van der Waals surface area contributed by atoms with Gasteiger partial charge in [0.05, 0.1) is 0 Å². The lowest BCUT2D eigenvalue weighted by Gasteiger charge is -2.19. The fraction of sp³-hybridized carbons (Fsp3) is 0.350. The fourth-order valence-electron chi connectivity index (χ4n) is 2.97. The van der Waals surface area contributed by atoms with E-state index < -0.39 is 18.7 Å². The second kappa shape index (κ2) is 8.43. The van der Waals surface area contributed by atoms with Crippen LogP contribution < -0.4 is 10.5 Å². The van der Waals surface area contributed by atoms with Gasteiger partial charge in [0, 0.05) is 18.7 Å². The Morgan fingerprint density at radius 3 is 2.04 bits per heavy atom. The zero-order valence-electron chi connectivity index (χ0n) is 15.6. The van der Waals surface area contributed by atoms with E-state index >= 15 is 0 Å². The molecule has 1 amide bonds.